The second-order valence-electron chi connectivity index (χ2n) is 9.23. The molecule has 0 aliphatic carbocycles. The maximum absolute atomic E-state index is 14.0. The molecular formula is C30H36FN3O6S. The normalized spacial score (nSPS) is 11.8. The van der Waals surface area contributed by atoms with Crippen molar-refractivity contribution in [1.29, 1.82) is 0 Å². The van der Waals surface area contributed by atoms with Crippen LogP contribution in [0.1, 0.15) is 32.3 Å². The number of carbonyl (C=O) groups is 2. The topological polar surface area (TPSA) is 105 Å². The second-order valence-corrected chi connectivity index (χ2v) is 11.1. The summed E-state index contributed by atoms with van der Waals surface area (Å²) in [5.41, 5.74) is 0.759. The Morgan fingerprint density at radius 1 is 0.927 bits per heavy atom. The predicted octanol–water partition coefficient (Wildman–Crippen LogP) is 4.37. The highest BCUT2D eigenvalue weighted by atomic mass is 32.2. The van der Waals surface area contributed by atoms with Crippen LogP contribution in [0, 0.1) is 5.82 Å². The largest absolute Gasteiger partial charge is 0.493 e. The number of methoxy groups -OCH3 is 2. The zero-order valence-electron chi connectivity index (χ0n) is 23.7. The Balaban J connectivity index is 2.09. The maximum atomic E-state index is 14.0. The Bertz CT molecular complexity index is 1420. The number of hydrogen-bond acceptors (Lipinski definition) is 6. The summed E-state index contributed by atoms with van der Waals surface area (Å²) >= 11 is 0. The fraction of sp³-hybridized carbons (Fsp3) is 0.333. The number of amides is 2. The zero-order valence-corrected chi connectivity index (χ0v) is 24.5. The molecule has 220 valence electrons. The van der Waals surface area contributed by atoms with E-state index in [1.807, 2.05) is 6.92 Å². The molecule has 11 heteroatoms. The Morgan fingerprint density at radius 3 is 2.17 bits per heavy atom. The van der Waals surface area contributed by atoms with E-state index in [0.717, 1.165) is 4.31 Å². The van der Waals surface area contributed by atoms with Gasteiger partial charge in [0.1, 0.15) is 18.4 Å². The molecule has 0 unspecified atom stereocenters. The number of halogens is 1. The lowest BCUT2D eigenvalue weighted by atomic mass is 10.1. The van der Waals surface area contributed by atoms with Gasteiger partial charge in [0.2, 0.25) is 11.8 Å². The van der Waals surface area contributed by atoms with E-state index in [1.54, 1.807) is 31.2 Å². The molecular weight excluding hydrogens is 549 g/mol. The van der Waals surface area contributed by atoms with Crippen LogP contribution in [-0.2, 0) is 26.2 Å². The second kappa shape index (κ2) is 14.5. The average molecular weight is 586 g/mol. The molecule has 3 rings (SSSR count). The fourth-order valence-electron chi connectivity index (χ4n) is 4.30. The summed E-state index contributed by atoms with van der Waals surface area (Å²) in [6, 6.07) is 17.0. The van der Waals surface area contributed by atoms with Crippen molar-refractivity contribution in [3.8, 4) is 11.5 Å². The van der Waals surface area contributed by atoms with Crippen LogP contribution < -0.4 is 19.1 Å². The van der Waals surface area contributed by atoms with E-state index < -0.39 is 34.3 Å². The number of sulfonamides is 1. The molecule has 1 atom stereocenters. The van der Waals surface area contributed by atoms with Gasteiger partial charge >= 0.3 is 0 Å². The lowest BCUT2D eigenvalue weighted by molar-refractivity contribution is -0.140. The van der Waals surface area contributed by atoms with E-state index in [2.05, 4.69) is 5.32 Å². The third-order valence-electron chi connectivity index (χ3n) is 6.47. The van der Waals surface area contributed by atoms with Gasteiger partial charge in [-0.3, -0.25) is 13.9 Å². The quantitative estimate of drug-likeness (QED) is 0.301. The smallest absolute Gasteiger partial charge is 0.264 e. The third kappa shape index (κ3) is 7.75. The molecule has 1 N–H and O–H groups in total. The minimum absolute atomic E-state index is 0.0135. The average Bonchev–Trinajstić information content (AvgIpc) is 2.99. The van der Waals surface area contributed by atoms with Crippen LogP contribution in [0.4, 0.5) is 10.1 Å². The summed E-state index contributed by atoms with van der Waals surface area (Å²) in [5.74, 6) is -0.737. The number of nitrogens with zero attached hydrogens (tertiary/aromatic N) is 2. The van der Waals surface area contributed by atoms with E-state index >= 15 is 0 Å². The molecule has 0 bridgehead atoms. The van der Waals surface area contributed by atoms with Crippen molar-refractivity contribution in [3.05, 3.63) is 84.2 Å². The van der Waals surface area contributed by atoms with Gasteiger partial charge in [0.25, 0.3) is 10.0 Å². The van der Waals surface area contributed by atoms with E-state index in [-0.39, 0.29) is 35.2 Å². The van der Waals surface area contributed by atoms with Crippen molar-refractivity contribution >= 4 is 27.5 Å². The molecule has 3 aromatic rings. The summed E-state index contributed by atoms with van der Waals surface area (Å²) in [5, 5.41) is 2.83. The number of benzene rings is 3. The van der Waals surface area contributed by atoms with Gasteiger partial charge in [0, 0.05) is 19.2 Å². The summed E-state index contributed by atoms with van der Waals surface area (Å²) in [7, 11) is -1.35. The molecule has 0 aliphatic heterocycles. The predicted molar refractivity (Wildman–Crippen MR) is 155 cm³/mol. The van der Waals surface area contributed by atoms with Gasteiger partial charge in [-0.15, -0.1) is 0 Å². The number of carbonyl (C=O) groups excluding carboxylic acids is 2. The molecule has 0 fully saturated rings. The van der Waals surface area contributed by atoms with Crippen molar-refractivity contribution in [2.45, 2.75) is 44.2 Å². The molecule has 0 heterocycles. The van der Waals surface area contributed by atoms with Gasteiger partial charge in [-0.1, -0.05) is 44.2 Å². The first kappa shape index (κ1) is 31.4. The van der Waals surface area contributed by atoms with Gasteiger partial charge in [-0.2, -0.15) is 0 Å². The summed E-state index contributed by atoms with van der Waals surface area (Å²) in [6.45, 7) is 3.48. The maximum Gasteiger partial charge on any atom is 0.264 e. The molecule has 0 saturated heterocycles. The lowest BCUT2D eigenvalue weighted by Crippen LogP contribution is -2.52. The molecule has 0 aromatic heterocycles. The highest BCUT2D eigenvalue weighted by Crippen LogP contribution is 2.34. The minimum Gasteiger partial charge on any atom is -0.493 e. The Hall–Kier alpha value is -4.12. The number of anilines is 1. The Morgan fingerprint density at radius 2 is 1.59 bits per heavy atom. The molecule has 9 nitrogen and oxygen atoms in total. The highest BCUT2D eigenvalue weighted by molar-refractivity contribution is 7.92. The van der Waals surface area contributed by atoms with Gasteiger partial charge in [0.15, 0.2) is 11.5 Å². The summed E-state index contributed by atoms with van der Waals surface area (Å²) in [4.78, 5) is 28.5. The minimum atomic E-state index is -4.23. The van der Waals surface area contributed by atoms with Crippen molar-refractivity contribution in [2.75, 3.05) is 31.6 Å². The van der Waals surface area contributed by atoms with Gasteiger partial charge in [-0.25, -0.2) is 12.8 Å². The van der Waals surface area contributed by atoms with Crippen molar-refractivity contribution in [3.63, 3.8) is 0 Å². The molecule has 3 aromatic carbocycles. The van der Waals surface area contributed by atoms with Crippen LogP contribution in [0.3, 0.4) is 0 Å². The van der Waals surface area contributed by atoms with E-state index in [9.17, 15) is 22.4 Å². The molecule has 41 heavy (non-hydrogen) atoms. The Kier molecular flexibility index (Phi) is 11.1. The van der Waals surface area contributed by atoms with Gasteiger partial charge in [0.05, 0.1) is 24.8 Å². The zero-order chi connectivity index (χ0) is 30.0. The molecule has 0 spiro atoms. The monoisotopic (exact) mass is 585 g/mol. The first-order chi connectivity index (χ1) is 19.7. The molecule has 2 amide bonds. The van der Waals surface area contributed by atoms with Crippen LogP contribution in [0.25, 0.3) is 0 Å². The fourth-order valence-corrected chi connectivity index (χ4v) is 5.73. The van der Waals surface area contributed by atoms with Crippen molar-refractivity contribution < 1.29 is 31.9 Å². The third-order valence-corrected chi connectivity index (χ3v) is 8.25. The standard InChI is InChI=1S/C30H36FN3O6S/c1-5-18-32-30(36)26(6-2)33(20-22-12-14-23(31)15-13-22)29(35)21-34(41(37,38)25-10-8-7-9-11-25)24-16-17-27(39-3)28(19-24)40-4/h7-17,19,26H,5-6,18,20-21H2,1-4H3,(H,32,36)/t26-/m0/s1. The van der Waals surface area contributed by atoms with E-state index in [4.69, 9.17) is 9.47 Å². The number of hydrogen-bond donors (Lipinski definition) is 1. The van der Waals surface area contributed by atoms with Crippen LogP contribution in [-0.4, -0.2) is 58.5 Å². The van der Waals surface area contributed by atoms with Crippen LogP contribution in [0.15, 0.2) is 77.7 Å². The van der Waals surface area contributed by atoms with Crippen molar-refractivity contribution in [1.82, 2.24) is 10.2 Å². The molecule has 0 saturated carbocycles. The van der Waals surface area contributed by atoms with Gasteiger partial charge < -0.3 is 19.7 Å². The lowest BCUT2D eigenvalue weighted by Gasteiger charge is -2.33. The van der Waals surface area contributed by atoms with E-state index in [0.29, 0.717) is 24.3 Å². The first-order valence-corrected chi connectivity index (χ1v) is 14.7. The van der Waals surface area contributed by atoms with Crippen LogP contribution in [0.2, 0.25) is 0 Å². The highest BCUT2D eigenvalue weighted by Gasteiger charge is 2.34. The number of nitrogens with one attached hydrogen (secondary N) is 1. The van der Waals surface area contributed by atoms with Crippen LogP contribution in [0.5, 0.6) is 11.5 Å². The van der Waals surface area contributed by atoms with E-state index in [1.165, 1.54) is 67.7 Å². The SMILES string of the molecule is CCCNC(=O)[C@H](CC)N(Cc1ccc(F)cc1)C(=O)CN(c1ccc(OC)c(OC)c1)S(=O)(=O)c1ccccc1. The van der Waals surface area contributed by atoms with Crippen LogP contribution >= 0.6 is 0 Å². The summed E-state index contributed by atoms with van der Waals surface area (Å²) < 4.78 is 53.1. The number of ether oxygens (including phenoxy) is 2. The Labute approximate surface area is 240 Å². The summed E-state index contributed by atoms with van der Waals surface area (Å²) in [6.07, 6.45) is 0.987. The van der Waals surface area contributed by atoms with Crippen molar-refractivity contribution in [2.24, 2.45) is 0 Å². The molecule has 0 radical (unpaired) electrons. The van der Waals surface area contributed by atoms with Gasteiger partial charge in [-0.05, 0) is 54.8 Å². The molecule has 0 aliphatic rings. The first-order valence-electron chi connectivity index (χ1n) is 13.3. The number of rotatable bonds is 14.